The highest BCUT2D eigenvalue weighted by molar-refractivity contribution is 5.81. The summed E-state index contributed by atoms with van der Waals surface area (Å²) in [6.45, 7) is 7.48. The quantitative estimate of drug-likeness (QED) is 0.422. The number of hydrogen-bond acceptors (Lipinski definition) is 6. The number of unbranched alkanes of at least 4 members (excludes halogenated alkanes) is 3. The molecule has 4 N–H and O–H groups in total. The average Bonchev–Trinajstić information content (AvgIpc) is 3.19. The summed E-state index contributed by atoms with van der Waals surface area (Å²) in [6.07, 6.45) is 5.23. The predicted molar refractivity (Wildman–Crippen MR) is 112 cm³/mol. The van der Waals surface area contributed by atoms with E-state index in [2.05, 4.69) is 4.90 Å². The molecule has 0 spiro atoms. The van der Waals surface area contributed by atoms with Gasteiger partial charge in [-0.1, -0.05) is 46.5 Å². The van der Waals surface area contributed by atoms with E-state index < -0.39 is 24.4 Å². The maximum Gasteiger partial charge on any atom is 0.228 e. The number of carbonyl (C=O) groups excluding carboxylic acids is 1. The lowest BCUT2D eigenvalue weighted by Gasteiger charge is -2.43. The molecular weight excluding hydrogens is 372 g/mol. The molecule has 0 unspecified atom stereocenters. The van der Waals surface area contributed by atoms with Gasteiger partial charge in [0.1, 0.15) is 12.2 Å². The number of aliphatic hydroxyl groups is 4. The summed E-state index contributed by atoms with van der Waals surface area (Å²) in [4.78, 5) is 16.9. The van der Waals surface area contributed by atoms with Gasteiger partial charge in [0.15, 0.2) is 0 Å². The van der Waals surface area contributed by atoms with Gasteiger partial charge in [0, 0.05) is 24.5 Å². The molecule has 7 nitrogen and oxygen atoms in total. The zero-order valence-electron chi connectivity index (χ0n) is 18.5. The van der Waals surface area contributed by atoms with Crippen molar-refractivity contribution in [3.63, 3.8) is 0 Å². The molecule has 4 atom stereocenters. The minimum Gasteiger partial charge on any atom is -0.395 e. The lowest BCUT2D eigenvalue weighted by molar-refractivity contribution is -0.145. The summed E-state index contributed by atoms with van der Waals surface area (Å²) < 4.78 is 0. The second kappa shape index (κ2) is 11.0. The van der Waals surface area contributed by atoms with E-state index in [1.54, 1.807) is 0 Å². The normalized spacial score (nSPS) is 29.3. The SMILES string of the molecule is CC(C)(C)C(=O)N(CCCCCCN1C[C@H](O)[C@@H](O)[C@H](O)[C@H]1CO)C1CCCC1. The molecule has 1 heterocycles. The van der Waals surface area contributed by atoms with Crippen LogP contribution in [0, 0.1) is 5.41 Å². The minimum absolute atomic E-state index is 0.240. The molecule has 1 saturated carbocycles. The molecule has 29 heavy (non-hydrogen) atoms. The first-order valence-corrected chi connectivity index (χ1v) is 11.4. The van der Waals surface area contributed by atoms with Crippen LogP contribution in [0.5, 0.6) is 0 Å². The highest BCUT2D eigenvalue weighted by Gasteiger charge is 2.40. The van der Waals surface area contributed by atoms with Crippen molar-refractivity contribution in [2.24, 2.45) is 5.41 Å². The number of hydrogen-bond donors (Lipinski definition) is 4. The third kappa shape index (κ3) is 6.62. The van der Waals surface area contributed by atoms with Crippen molar-refractivity contribution in [2.45, 2.75) is 103 Å². The van der Waals surface area contributed by atoms with Gasteiger partial charge in [0.2, 0.25) is 5.91 Å². The molecule has 170 valence electrons. The van der Waals surface area contributed by atoms with Crippen molar-refractivity contribution < 1.29 is 25.2 Å². The highest BCUT2D eigenvalue weighted by atomic mass is 16.4. The Morgan fingerprint density at radius 1 is 1.00 bits per heavy atom. The molecule has 0 radical (unpaired) electrons. The lowest BCUT2D eigenvalue weighted by atomic mass is 9.93. The van der Waals surface area contributed by atoms with Gasteiger partial charge in [0.25, 0.3) is 0 Å². The first-order chi connectivity index (χ1) is 13.7. The molecule has 1 aliphatic carbocycles. The van der Waals surface area contributed by atoms with Crippen LogP contribution in [0.2, 0.25) is 0 Å². The Hall–Kier alpha value is -0.730. The van der Waals surface area contributed by atoms with E-state index in [1.807, 2.05) is 25.7 Å². The number of aliphatic hydroxyl groups excluding tert-OH is 4. The fraction of sp³-hybridized carbons (Fsp3) is 0.955. The van der Waals surface area contributed by atoms with Crippen molar-refractivity contribution in [1.29, 1.82) is 0 Å². The number of rotatable bonds is 9. The smallest absolute Gasteiger partial charge is 0.228 e. The van der Waals surface area contributed by atoms with Crippen LogP contribution >= 0.6 is 0 Å². The van der Waals surface area contributed by atoms with E-state index in [0.29, 0.717) is 12.6 Å². The van der Waals surface area contributed by atoms with E-state index in [9.17, 15) is 25.2 Å². The van der Waals surface area contributed by atoms with Crippen LogP contribution in [-0.4, -0.2) is 92.8 Å². The monoisotopic (exact) mass is 414 g/mol. The number of β-amino-alcohol motifs (C(OH)–C–C–N with tert-alkyl or cyclic N) is 1. The van der Waals surface area contributed by atoms with Crippen LogP contribution < -0.4 is 0 Å². The van der Waals surface area contributed by atoms with Crippen LogP contribution in [0.1, 0.15) is 72.1 Å². The Balaban J connectivity index is 1.74. The fourth-order valence-electron chi connectivity index (χ4n) is 4.68. The van der Waals surface area contributed by atoms with Crippen LogP contribution in [-0.2, 0) is 4.79 Å². The summed E-state index contributed by atoms with van der Waals surface area (Å²) in [5.74, 6) is 0.255. The maximum absolute atomic E-state index is 12.9. The third-order valence-electron chi connectivity index (χ3n) is 6.48. The van der Waals surface area contributed by atoms with E-state index in [0.717, 1.165) is 45.1 Å². The van der Waals surface area contributed by atoms with Gasteiger partial charge in [-0.3, -0.25) is 9.69 Å². The van der Waals surface area contributed by atoms with Gasteiger partial charge in [-0.15, -0.1) is 0 Å². The molecule has 2 fully saturated rings. The number of piperidine rings is 1. The zero-order chi connectivity index (χ0) is 21.6. The molecule has 0 aromatic carbocycles. The molecule has 0 aromatic rings. The second-order valence-corrected chi connectivity index (χ2v) is 9.89. The number of nitrogens with zero attached hydrogens (tertiary/aromatic N) is 2. The molecule has 1 saturated heterocycles. The van der Waals surface area contributed by atoms with E-state index >= 15 is 0 Å². The predicted octanol–water partition coefficient (Wildman–Crippen LogP) is 1.12. The van der Waals surface area contributed by atoms with Gasteiger partial charge in [-0.05, 0) is 32.2 Å². The van der Waals surface area contributed by atoms with Crippen molar-refractivity contribution in [1.82, 2.24) is 9.80 Å². The van der Waals surface area contributed by atoms with Gasteiger partial charge < -0.3 is 25.3 Å². The number of carbonyl (C=O) groups is 1. The Bertz CT molecular complexity index is 504. The molecule has 0 aromatic heterocycles. The molecular formula is C22H42N2O5. The highest BCUT2D eigenvalue weighted by Crippen LogP contribution is 2.28. The van der Waals surface area contributed by atoms with Gasteiger partial charge in [0.05, 0.1) is 18.8 Å². The minimum atomic E-state index is -1.20. The largest absolute Gasteiger partial charge is 0.395 e. The van der Waals surface area contributed by atoms with Gasteiger partial charge in [-0.25, -0.2) is 0 Å². The van der Waals surface area contributed by atoms with E-state index in [4.69, 9.17) is 0 Å². The number of likely N-dealkylation sites (tertiary alicyclic amines) is 1. The molecule has 0 bridgehead atoms. The Kier molecular flexibility index (Phi) is 9.35. The summed E-state index contributed by atoms with van der Waals surface area (Å²) in [5, 5.41) is 39.2. The van der Waals surface area contributed by atoms with E-state index in [1.165, 1.54) is 12.8 Å². The molecule has 1 aliphatic heterocycles. The Labute approximate surface area is 175 Å². The third-order valence-corrected chi connectivity index (χ3v) is 6.48. The number of amides is 1. The molecule has 2 aliphatic rings. The molecule has 7 heteroatoms. The maximum atomic E-state index is 12.9. The summed E-state index contributed by atoms with van der Waals surface area (Å²) >= 11 is 0. The van der Waals surface area contributed by atoms with Crippen molar-refractivity contribution in [3.8, 4) is 0 Å². The first kappa shape index (κ1) is 24.5. The van der Waals surface area contributed by atoms with E-state index in [-0.39, 0.29) is 24.5 Å². The van der Waals surface area contributed by atoms with Crippen LogP contribution in [0.25, 0.3) is 0 Å². The summed E-state index contributed by atoms with van der Waals surface area (Å²) in [5.41, 5.74) is -0.345. The Morgan fingerprint density at radius 2 is 1.62 bits per heavy atom. The van der Waals surface area contributed by atoms with Gasteiger partial charge in [-0.2, -0.15) is 0 Å². The van der Waals surface area contributed by atoms with Crippen molar-refractivity contribution in [3.05, 3.63) is 0 Å². The average molecular weight is 415 g/mol. The summed E-state index contributed by atoms with van der Waals surface area (Å²) in [7, 11) is 0. The first-order valence-electron chi connectivity index (χ1n) is 11.4. The lowest BCUT2D eigenvalue weighted by Crippen LogP contribution is -2.62. The zero-order valence-corrected chi connectivity index (χ0v) is 18.5. The molecule has 2 rings (SSSR count). The second-order valence-electron chi connectivity index (χ2n) is 9.89. The fourth-order valence-corrected chi connectivity index (χ4v) is 4.68. The topological polar surface area (TPSA) is 104 Å². The standard InChI is InChI=1S/C22H42N2O5/c1-22(2,3)21(29)24(16-10-6-7-11-16)13-9-5-4-8-12-23-14-18(26)20(28)19(27)17(23)15-25/h16-20,25-28H,4-15H2,1-3H3/t17-,18+,19-,20-/m1/s1. The van der Waals surface area contributed by atoms with Crippen LogP contribution in [0.15, 0.2) is 0 Å². The van der Waals surface area contributed by atoms with Crippen LogP contribution in [0.3, 0.4) is 0 Å². The van der Waals surface area contributed by atoms with Crippen molar-refractivity contribution >= 4 is 5.91 Å². The Morgan fingerprint density at radius 3 is 2.21 bits per heavy atom. The molecule has 1 amide bonds. The van der Waals surface area contributed by atoms with Crippen molar-refractivity contribution in [2.75, 3.05) is 26.2 Å². The van der Waals surface area contributed by atoms with Crippen LogP contribution in [0.4, 0.5) is 0 Å². The van der Waals surface area contributed by atoms with Gasteiger partial charge >= 0.3 is 0 Å². The summed E-state index contributed by atoms with van der Waals surface area (Å²) in [6, 6.07) is -0.134.